The van der Waals surface area contributed by atoms with E-state index in [2.05, 4.69) is 15.2 Å². The van der Waals surface area contributed by atoms with Crippen LogP contribution in [-0.4, -0.2) is 29.7 Å². The second-order valence-corrected chi connectivity index (χ2v) is 4.97. The highest BCUT2D eigenvalue weighted by Crippen LogP contribution is 2.22. The molecule has 0 aliphatic heterocycles. The fraction of sp³-hybridized carbons (Fsp3) is 0.125. The Labute approximate surface area is 132 Å². The Morgan fingerprint density at radius 3 is 2.70 bits per heavy atom. The summed E-state index contributed by atoms with van der Waals surface area (Å²) in [6.45, 7) is 1.82. The van der Waals surface area contributed by atoms with E-state index < -0.39 is 0 Å². The minimum absolute atomic E-state index is 0.0267. The summed E-state index contributed by atoms with van der Waals surface area (Å²) < 4.78 is 2.86. The molecule has 0 amide bonds. The molecule has 0 saturated heterocycles. The van der Waals surface area contributed by atoms with E-state index in [1.807, 2.05) is 31.2 Å². The molecular formula is C16H14N6O. The number of aliphatic hydroxyl groups is 1. The number of hydrogen-bond donors (Lipinski definition) is 1. The van der Waals surface area contributed by atoms with Gasteiger partial charge in [-0.3, -0.25) is 9.67 Å². The summed E-state index contributed by atoms with van der Waals surface area (Å²) in [5.74, 6) is -0.166. The van der Waals surface area contributed by atoms with Gasteiger partial charge in [0.1, 0.15) is 17.5 Å². The number of nitriles is 1. The fourth-order valence-electron chi connectivity index (χ4n) is 2.31. The summed E-state index contributed by atoms with van der Waals surface area (Å²) in [6.07, 6.45) is 4.92. The van der Waals surface area contributed by atoms with Crippen LogP contribution in [0.1, 0.15) is 11.3 Å². The van der Waals surface area contributed by atoms with Gasteiger partial charge in [0.15, 0.2) is 11.5 Å². The van der Waals surface area contributed by atoms with Gasteiger partial charge in [0.05, 0.1) is 11.9 Å². The number of allylic oxidation sites excluding steroid dienone is 1. The molecule has 3 rings (SSSR count). The summed E-state index contributed by atoms with van der Waals surface area (Å²) in [5.41, 5.74) is 2.60. The Hall–Kier alpha value is -3.40. The van der Waals surface area contributed by atoms with Crippen molar-refractivity contribution >= 4 is 11.5 Å². The summed E-state index contributed by atoms with van der Waals surface area (Å²) in [7, 11) is 1.70. The maximum Gasteiger partial charge on any atom is 0.185 e. The lowest BCUT2D eigenvalue weighted by atomic mass is 10.2. The van der Waals surface area contributed by atoms with Gasteiger partial charge in [-0.2, -0.15) is 15.5 Å². The number of pyridine rings is 1. The molecule has 0 spiro atoms. The number of aromatic nitrogens is 5. The van der Waals surface area contributed by atoms with Crippen LogP contribution >= 0.6 is 0 Å². The van der Waals surface area contributed by atoms with Crippen LogP contribution < -0.4 is 0 Å². The van der Waals surface area contributed by atoms with Gasteiger partial charge in [-0.1, -0.05) is 6.07 Å². The molecule has 0 saturated carbocycles. The molecule has 0 bridgehead atoms. The third-order valence-corrected chi connectivity index (χ3v) is 3.42. The molecule has 0 atom stereocenters. The van der Waals surface area contributed by atoms with E-state index >= 15 is 0 Å². The summed E-state index contributed by atoms with van der Waals surface area (Å²) in [4.78, 5) is 4.22. The van der Waals surface area contributed by atoms with Crippen molar-refractivity contribution in [3.05, 3.63) is 54.1 Å². The molecule has 0 radical (unpaired) electrons. The maximum atomic E-state index is 10.5. The van der Waals surface area contributed by atoms with Gasteiger partial charge in [-0.05, 0) is 30.7 Å². The van der Waals surface area contributed by atoms with Crippen LogP contribution in [0.2, 0.25) is 0 Å². The zero-order chi connectivity index (χ0) is 16.4. The molecule has 3 aromatic rings. The van der Waals surface area contributed by atoms with E-state index in [0.717, 1.165) is 5.56 Å². The number of aryl methyl sites for hydroxylation is 2. The first-order valence-corrected chi connectivity index (χ1v) is 6.91. The Balaban J connectivity index is 2.08. The van der Waals surface area contributed by atoms with Gasteiger partial charge in [-0.25, -0.2) is 4.68 Å². The predicted molar refractivity (Wildman–Crippen MR) is 84.8 cm³/mol. The smallest absolute Gasteiger partial charge is 0.185 e. The van der Waals surface area contributed by atoms with Crippen molar-refractivity contribution < 1.29 is 5.11 Å². The average Bonchev–Trinajstić information content (AvgIpc) is 3.16. The van der Waals surface area contributed by atoms with Gasteiger partial charge in [-0.15, -0.1) is 0 Å². The van der Waals surface area contributed by atoms with Crippen molar-refractivity contribution in [3.63, 3.8) is 0 Å². The molecule has 7 heteroatoms. The normalized spacial score (nSPS) is 11.9. The molecule has 0 unspecified atom stereocenters. The van der Waals surface area contributed by atoms with E-state index in [-0.39, 0.29) is 11.5 Å². The number of rotatable bonds is 3. The summed E-state index contributed by atoms with van der Waals surface area (Å²) in [5, 5.41) is 28.3. The minimum Gasteiger partial charge on any atom is -0.503 e. The molecular weight excluding hydrogens is 292 g/mol. The van der Waals surface area contributed by atoms with E-state index in [4.69, 9.17) is 0 Å². The largest absolute Gasteiger partial charge is 0.503 e. The lowest BCUT2D eigenvalue weighted by Crippen LogP contribution is -2.05. The van der Waals surface area contributed by atoms with Gasteiger partial charge >= 0.3 is 0 Å². The molecule has 0 fully saturated rings. The second kappa shape index (κ2) is 5.77. The van der Waals surface area contributed by atoms with Crippen molar-refractivity contribution in [2.24, 2.45) is 7.05 Å². The Morgan fingerprint density at radius 1 is 1.26 bits per heavy atom. The molecule has 0 aliphatic carbocycles. The first-order chi connectivity index (χ1) is 11.1. The highest BCUT2D eigenvalue weighted by atomic mass is 16.3. The van der Waals surface area contributed by atoms with Crippen LogP contribution in [0.15, 0.2) is 42.9 Å². The van der Waals surface area contributed by atoms with Crippen LogP contribution in [0.4, 0.5) is 0 Å². The molecule has 3 heterocycles. The zero-order valence-corrected chi connectivity index (χ0v) is 12.7. The summed E-state index contributed by atoms with van der Waals surface area (Å²) in [6, 6.07) is 9.24. The van der Waals surface area contributed by atoms with E-state index in [1.165, 1.54) is 9.36 Å². The lowest BCUT2D eigenvalue weighted by Gasteiger charge is -2.06. The fourth-order valence-corrected chi connectivity index (χ4v) is 2.31. The van der Waals surface area contributed by atoms with Crippen molar-refractivity contribution in [1.82, 2.24) is 24.5 Å². The molecule has 7 nitrogen and oxygen atoms in total. The zero-order valence-electron chi connectivity index (χ0n) is 12.7. The monoisotopic (exact) mass is 306 g/mol. The van der Waals surface area contributed by atoms with Crippen LogP contribution in [0.25, 0.3) is 22.8 Å². The van der Waals surface area contributed by atoms with Crippen molar-refractivity contribution in [2.75, 3.05) is 0 Å². The number of aliphatic hydroxyl groups excluding tert-OH is 1. The van der Waals surface area contributed by atoms with Gasteiger partial charge < -0.3 is 5.11 Å². The molecule has 1 N–H and O–H groups in total. The molecule has 0 aliphatic rings. The predicted octanol–water partition coefficient (Wildman–Crippen LogP) is 2.39. The maximum absolute atomic E-state index is 10.5. The molecule has 3 aromatic heterocycles. The lowest BCUT2D eigenvalue weighted by molar-refractivity contribution is 0.499. The Kier molecular flexibility index (Phi) is 3.65. The number of hydrogen-bond acceptors (Lipinski definition) is 5. The third-order valence-electron chi connectivity index (χ3n) is 3.42. The van der Waals surface area contributed by atoms with Crippen LogP contribution in [-0.2, 0) is 7.05 Å². The van der Waals surface area contributed by atoms with E-state index in [9.17, 15) is 10.4 Å². The Bertz CT molecular complexity index is 894. The summed E-state index contributed by atoms with van der Waals surface area (Å²) >= 11 is 0. The standard InChI is InChI=1S/C16H14N6O/c1-11-10-19-21(2)15(11)16(23)14(9-17)22-8-6-13(20-22)12-5-3-4-7-18-12/h3-8,10,23H,1-2H3. The quantitative estimate of drug-likeness (QED) is 0.592. The van der Waals surface area contributed by atoms with Gasteiger partial charge in [0, 0.05) is 19.4 Å². The van der Waals surface area contributed by atoms with Gasteiger partial charge in [0.25, 0.3) is 0 Å². The van der Waals surface area contributed by atoms with Crippen molar-refractivity contribution in [3.8, 4) is 17.5 Å². The van der Waals surface area contributed by atoms with Crippen LogP contribution in [0.5, 0.6) is 0 Å². The van der Waals surface area contributed by atoms with Gasteiger partial charge in [0.2, 0.25) is 0 Å². The number of nitrogens with zero attached hydrogens (tertiary/aromatic N) is 6. The highest BCUT2D eigenvalue weighted by molar-refractivity contribution is 5.84. The topological polar surface area (TPSA) is 92.5 Å². The van der Waals surface area contributed by atoms with E-state index in [1.54, 1.807) is 31.7 Å². The first kappa shape index (κ1) is 14.5. The molecule has 23 heavy (non-hydrogen) atoms. The SMILES string of the molecule is Cc1cnn(C)c1C(O)=C(C#N)n1ccc(-c2ccccn2)n1. The first-order valence-electron chi connectivity index (χ1n) is 6.91. The minimum atomic E-state index is -0.166. The molecule has 0 aromatic carbocycles. The molecule has 114 valence electrons. The third kappa shape index (κ3) is 2.58. The van der Waals surface area contributed by atoms with Crippen molar-refractivity contribution in [1.29, 1.82) is 5.26 Å². The second-order valence-electron chi connectivity index (χ2n) is 4.97. The van der Waals surface area contributed by atoms with Crippen LogP contribution in [0, 0.1) is 18.3 Å². The highest BCUT2D eigenvalue weighted by Gasteiger charge is 2.17. The average molecular weight is 306 g/mol. The Morgan fingerprint density at radius 2 is 2.09 bits per heavy atom. The van der Waals surface area contributed by atoms with E-state index in [0.29, 0.717) is 17.1 Å². The van der Waals surface area contributed by atoms with Crippen LogP contribution in [0.3, 0.4) is 0 Å². The van der Waals surface area contributed by atoms with Crippen molar-refractivity contribution in [2.45, 2.75) is 6.92 Å².